The molecule has 0 unspecified atom stereocenters. The predicted octanol–water partition coefficient (Wildman–Crippen LogP) is 11.9. The Balaban J connectivity index is 0.000000122. The summed E-state index contributed by atoms with van der Waals surface area (Å²) in [5.74, 6) is 0. The Labute approximate surface area is 288 Å². The van der Waals surface area contributed by atoms with E-state index in [4.69, 9.17) is 0 Å². The maximum Gasteiger partial charge on any atom is -0.0279 e. The average molecular weight is 670 g/mol. The maximum absolute atomic E-state index is 2.32. The van der Waals surface area contributed by atoms with Crippen LogP contribution in [0.5, 0.6) is 0 Å². The summed E-state index contributed by atoms with van der Waals surface area (Å²) in [6, 6.07) is 60.5. The van der Waals surface area contributed by atoms with E-state index in [-0.39, 0.29) is 0 Å². The van der Waals surface area contributed by atoms with Crippen LogP contribution in [0.4, 0.5) is 0 Å². The van der Waals surface area contributed by atoms with Crippen molar-refractivity contribution < 1.29 is 24.2 Å². The van der Waals surface area contributed by atoms with E-state index in [1.807, 2.05) is 0 Å². The first-order chi connectivity index (χ1) is 22.6. The van der Waals surface area contributed by atoms with Gasteiger partial charge in [0, 0.05) is 0 Å². The van der Waals surface area contributed by atoms with Gasteiger partial charge in [0.25, 0.3) is 0 Å². The second-order valence-corrected chi connectivity index (χ2v) is 12.7. The molecular weight excluding hydrogens is 632 g/mol. The molecule has 222 valence electrons. The second kappa shape index (κ2) is 15.2. The first-order valence-electron chi connectivity index (χ1n) is 16.1. The van der Waals surface area contributed by atoms with E-state index in [0.29, 0.717) is 0 Å². The van der Waals surface area contributed by atoms with Crippen LogP contribution >= 0.6 is 0 Å². The fraction of sp³-hybridized carbons (Fsp3) is 0.0889. The van der Waals surface area contributed by atoms with Gasteiger partial charge in [0.2, 0.25) is 0 Å². The standard InChI is InChI=1S/C17H17.C15H11.C13H10.Zr/c1-3-12-5-7-16-14(9-12)11-15-10-13(4-2)6-8-17(15)16;1-2-6-12(7-3-1)14-10-4-8-13-9-5-11-15(13)14;1-3-7-12(8-4-1)11-13-9-5-2-6-10-13;/h5-11H,3-4H2,1-2H3;1-11H;1-10H;/q2*-1;;+2. The van der Waals surface area contributed by atoms with Crippen molar-refractivity contribution in [2.24, 2.45) is 0 Å². The van der Waals surface area contributed by atoms with E-state index >= 15 is 0 Å². The number of hydrogen-bond donors (Lipinski definition) is 0. The van der Waals surface area contributed by atoms with Crippen LogP contribution in [0.1, 0.15) is 36.1 Å². The Hall–Kier alpha value is -4.45. The van der Waals surface area contributed by atoms with Crippen molar-refractivity contribution in [1.29, 1.82) is 0 Å². The quantitative estimate of drug-likeness (QED) is 0.160. The molecule has 0 aliphatic carbocycles. The summed E-state index contributed by atoms with van der Waals surface area (Å²) in [6.45, 7) is 4.41. The van der Waals surface area contributed by atoms with Gasteiger partial charge in [0.05, 0.1) is 0 Å². The van der Waals surface area contributed by atoms with Gasteiger partial charge in [-0.1, -0.05) is 91.2 Å². The zero-order chi connectivity index (χ0) is 31.7. The predicted molar refractivity (Wildman–Crippen MR) is 197 cm³/mol. The minimum Gasteiger partial charge on any atom is -0.168 e. The molecule has 0 N–H and O–H groups in total. The fourth-order valence-electron chi connectivity index (χ4n) is 5.97. The van der Waals surface area contributed by atoms with Gasteiger partial charge in [0.15, 0.2) is 0 Å². The number of benzene rings is 6. The van der Waals surface area contributed by atoms with E-state index in [1.165, 1.54) is 93.1 Å². The maximum atomic E-state index is 2.32. The topological polar surface area (TPSA) is 0 Å². The molecule has 0 atom stereocenters. The van der Waals surface area contributed by atoms with Crippen LogP contribution in [0, 0.1) is 0 Å². The molecule has 0 bridgehead atoms. The Kier molecular flexibility index (Phi) is 10.4. The molecule has 8 aromatic carbocycles. The van der Waals surface area contributed by atoms with Gasteiger partial charge in [-0.05, 0) is 18.4 Å². The Bertz CT molecular complexity index is 2060. The van der Waals surface area contributed by atoms with E-state index in [2.05, 4.69) is 184 Å². The van der Waals surface area contributed by atoms with Gasteiger partial charge >= 0.3 is 99.2 Å². The van der Waals surface area contributed by atoms with Crippen molar-refractivity contribution in [2.45, 2.75) is 26.7 Å². The van der Waals surface area contributed by atoms with Crippen LogP contribution in [0.3, 0.4) is 0 Å². The molecule has 0 aromatic heterocycles. The molecule has 0 heterocycles. The van der Waals surface area contributed by atoms with E-state index in [9.17, 15) is 0 Å². The van der Waals surface area contributed by atoms with Crippen LogP contribution in [0.25, 0.3) is 43.4 Å². The molecule has 0 spiro atoms. The number of aryl methyl sites for hydroxylation is 2. The Morgan fingerprint density at radius 1 is 0.500 bits per heavy atom. The summed E-state index contributed by atoms with van der Waals surface area (Å²) in [5, 5.41) is 8.19. The largest absolute Gasteiger partial charge is 0.168 e. The molecule has 0 fully saturated rings. The third-order valence-corrected chi connectivity index (χ3v) is 9.96. The molecule has 0 saturated heterocycles. The summed E-state index contributed by atoms with van der Waals surface area (Å²) in [6.07, 6.45) is 2.22. The smallest absolute Gasteiger partial charge is 0.0279 e. The van der Waals surface area contributed by atoms with Gasteiger partial charge in [0.1, 0.15) is 0 Å². The van der Waals surface area contributed by atoms with Crippen LogP contribution in [-0.2, 0) is 37.1 Å². The van der Waals surface area contributed by atoms with Gasteiger partial charge in [-0.2, -0.15) is 12.1 Å². The Morgan fingerprint density at radius 2 is 1.02 bits per heavy atom. The van der Waals surface area contributed by atoms with E-state index in [0.717, 1.165) is 12.8 Å². The van der Waals surface area contributed by atoms with Gasteiger partial charge < -0.3 is 0 Å². The molecule has 8 rings (SSSR count). The molecule has 0 radical (unpaired) electrons. The average Bonchev–Trinajstić information content (AvgIpc) is 3.77. The van der Waals surface area contributed by atoms with Crippen LogP contribution in [-0.4, -0.2) is 3.21 Å². The monoisotopic (exact) mass is 668 g/mol. The third kappa shape index (κ3) is 7.33. The molecular formula is C45H38Zr. The number of rotatable bonds is 5. The van der Waals surface area contributed by atoms with Gasteiger partial charge in [-0.15, -0.1) is 68.7 Å². The summed E-state index contributed by atoms with van der Waals surface area (Å²) in [4.78, 5) is 0. The Morgan fingerprint density at radius 3 is 1.54 bits per heavy atom. The zero-order valence-electron chi connectivity index (χ0n) is 26.6. The second-order valence-electron chi connectivity index (χ2n) is 11.5. The van der Waals surface area contributed by atoms with Crippen LogP contribution in [0.2, 0.25) is 0 Å². The fourth-order valence-corrected chi connectivity index (χ4v) is 6.79. The van der Waals surface area contributed by atoms with Crippen LogP contribution in [0.15, 0.2) is 170 Å². The first-order valence-corrected chi connectivity index (χ1v) is 17.4. The van der Waals surface area contributed by atoms with Gasteiger partial charge in [-0.3, -0.25) is 0 Å². The van der Waals surface area contributed by atoms with Crippen LogP contribution < -0.4 is 0 Å². The van der Waals surface area contributed by atoms with Crippen molar-refractivity contribution in [3.63, 3.8) is 0 Å². The number of hydrogen-bond acceptors (Lipinski definition) is 0. The number of fused-ring (bicyclic) bond motifs is 4. The molecule has 0 amide bonds. The molecule has 0 nitrogen and oxygen atoms in total. The van der Waals surface area contributed by atoms with Gasteiger partial charge in [-0.25, -0.2) is 0 Å². The normalized spacial score (nSPS) is 10.7. The summed E-state index contributed by atoms with van der Waals surface area (Å²) in [5.41, 5.74) is 8.10. The molecule has 0 aliphatic heterocycles. The summed E-state index contributed by atoms with van der Waals surface area (Å²) in [7, 11) is 0. The van der Waals surface area contributed by atoms with E-state index in [1.54, 1.807) is 0 Å². The van der Waals surface area contributed by atoms with Crippen molar-refractivity contribution in [1.82, 2.24) is 0 Å². The zero-order valence-corrected chi connectivity index (χ0v) is 29.0. The summed E-state index contributed by atoms with van der Waals surface area (Å²) < 4.78 is 1.42. The van der Waals surface area contributed by atoms with Crippen molar-refractivity contribution in [3.05, 3.63) is 192 Å². The molecule has 0 aliphatic rings. The van der Waals surface area contributed by atoms with E-state index < -0.39 is 0 Å². The third-order valence-electron chi connectivity index (χ3n) is 8.54. The SMILES string of the molecule is CCc1ccc2c(c1)[cH-]c1cc(CC)ccc12.[Zr+2]=[C](c1ccccc1)c1ccccc1.c1ccc(-c2cccc3[cH-]ccc23)cc1. The van der Waals surface area contributed by atoms with Crippen molar-refractivity contribution in [3.8, 4) is 11.1 Å². The molecule has 0 saturated carbocycles. The first kappa shape index (κ1) is 31.5. The molecule has 46 heavy (non-hydrogen) atoms. The minimum absolute atomic E-state index is 1.11. The molecule has 1 heteroatoms. The van der Waals surface area contributed by atoms with Crippen molar-refractivity contribution >= 4 is 35.5 Å². The molecule has 8 aromatic rings. The summed E-state index contributed by atoms with van der Waals surface area (Å²) >= 11 is 1.46. The van der Waals surface area contributed by atoms with Crippen molar-refractivity contribution in [2.75, 3.05) is 0 Å². The minimum atomic E-state index is 1.11.